The number of nitrogens with two attached hydrogens (primary N) is 1. The van der Waals surface area contributed by atoms with Crippen LogP contribution in [0.15, 0.2) is 0 Å². The first-order valence-electron chi connectivity index (χ1n) is 10.6. The first-order valence-corrected chi connectivity index (χ1v) is 12.0. The average molecular weight is 415 g/mol. The highest BCUT2D eigenvalue weighted by molar-refractivity contribution is 7.86. The first-order chi connectivity index (χ1) is 13.3. The van der Waals surface area contributed by atoms with E-state index in [2.05, 4.69) is 0 Å². The van der Waals surface area contributed by atoms with Crippen LogP contribution in [0, 0.1) is 11.8 Å². The van der Waals surface area contributed by atoms with E-state index in [0.717, 1.165) is 25.7 Å². The summed E-state index contributed by atoms with van der Waals surface area (Å²) in [5.74, 6) is -0.735. The van der Waals surface area contributed by atoms with E-state index < -0.39 is 10.2 Å². The highest BCUT2D eigenvalue weighted by Gasteiger charge is 2.39. The molecule has 1 saturated carbocycles. The zero-order valence-corrected chi connectivity index (χ0v) is 17.7. The van der Waals surface area contributed by atoms with E-state index in [-0.39, 0.29) is 36.2 Å². The Morgan fingerprint density at radius 2 is 1.54 bits per heavy atom. The van der Waals surface area contributed by atoms with E-state index in [1.54, 1.807) is 11.9 Å². The minimum absolute atomic E-state index is 0.0168. The minimum Gasteiger partial charge on any atom is -0.369 e. The molecule has 28 heavy (non-hydrogen) atoms. The maximum absolute atomic E-state index is 13.1. The van der Waals surface area contributed by atoms with Crippen molar-refractivity contribution in [3.8, 4) is 0 Å². The van der Waals surface area contributed by atoms with Crippen LogP contribution in [-0.4, -0.2) is 73.0 Å². The zero-order chi connectivity index (χ0) is 20.3. The second-order valence-electron chi connectivity index (χ2n) is 8.51. The van der Waals surface area contributed by atoms with E-state index in [0.29, 0.717) is 45.3 Å². The van der Waals surface area contributed by atoms with Crippen molar-refractivity contribution in [2.24, 2.45) is 17.6 Å². The number of hydrogen-bond donors (Lipinski definition) is 1. The van der Waals surface area contributed by atoms with Crippen molar-refractivity contribution in [2.45, 2.75) is 63.8 Å². The van der Waals surface area contributed by atoms with Crippen LogP contribution in [-0.2, 0) is 19.8 Å². The Hall–Kier alpha value is -1.19. The van der Waals surface area contributed by atoms with Crippen molar-refractivity contribution in [3.63, 3.8) is 0 Å². The summed E-state index contributed by atoms with van der Waals surface area (Å²) in [5, 5.41) is 0. The molecule has 3 aliphatic rings. The van der Waals surface area contributed by atoms with Gasteiger partial charge < -0.3 is 10.6 Å². The molecule has 8 nitrogen and oxygen atoms in total. The molecule has 0 aromatic rings. The molecule has 3 rings (SSSR count). The highest BCUT2D eigenvalue weighted by atomic mass is 32.2. The number of carbonyl (C=O) groups excluding carboxylic acids is 2. The standard InChI is InChI=1S/C19H34N4O4S/c1-21(17-7-3-2-4-8-17)28(26,27)23-11-5-6-16(14-23)19(25)22-12-9-15(10-13-22)18(20)24/h15-17H,2-14H2,1H3,(H2,20,24). The second kappa shape index (κ2) is 9.09. The summed E-state index contributed by atoms with van der Waals surface area (Å²) in [5.41, 5.74) is 5.37. The van der Waals surface area contributed by atoms with Gasteiger partial charge in [0, 0.05) is 45.2 Å². The average Bonchev–Trinajstić information content (AvgIpc) is 2.73. The largest absolute Gasteiger partial charge is 0.369 e. The van der Waals surface area contributed by atoms with Crippen LogP contribution in [0.25, 0.3) is 0 Å². The lowest BCUT2D eigenvalue weighted by molar-refractivity contribution is -0.139. The molecule has 2 saturated heterocycles. The van der Waals surface area contributed by atoms with Gasteiger partial charge in [-0.3, -0.25) is 9.59 Å². The van der Waals surface area contributed by atoms with Crippen LogP contribution in [0.3, 0.4) is 0 Å². The summed E-state index contributed by atoms with van der Waals surface area (Å²) >= 11 is 0. The van der Waals surface area contributed by atoms with Crippen LogP contribution in [0.2, 0.25) is 0 Å². The molecule has 1 atom stereocenters. The smallest absolute Gasteiger partial charge is 0.281 e. The van der Waals surface area contributed by atoms with Crippen molar-refractivity contribution in [1.82, 2.24) is 13.5 Å². The number of amides is 2. The molecule has 1 aliphatic carbocycles. The van der Waals surface area contributed by atoms with E-state index in [9.17, 15) is 18.0 Å². The lowest BCUT2D eigenvalue weighted by atomic mass is 9.93. The van der Waals surface area contributed by atoms with E-state index >= 15 is 0 Å². The second-order valence-corrected chi connectivity index (χ2v) is 10.5. The summed E-state index contributed by atoms with van der Waals surface area (Å²) in [6, 6.07) is 0.0719. The van der Waals surface area contributed by atoms with Gasteiger partial charge in [0.15, 0.2) is 0 Å². The summed E-state index contributed by atoms with van der Waals surface area (Å²) in [4.78, 5) is 26.1. The maximum Gasteiger partial charge on any atom is 0.281 e. The molecule has 2 amide bonds. The predicted molar refractivity (Wildman–Crippen MR) is 106 cm³/mol. The van der Waals surface area contributed by atoms with Gasteiger partial charge in [-0.25, -0.2) is 0 Å². The third-order valence-corrected chi connectivity index (χ3v) is 8.73. The Morgan fingerprint density at radius 1 is 0.893 bits per heavy atom. The van der Waals surface area contributed by atoms with Crippen molar-refractivity contribution in [3.05, 3.63) is 0 Å². The van der Waals surface area contributed by atoms with E-state index in [4.69, 9.17) is 5.73 Å². The SMILES string of the molecule is CN(C1CCCCC1)S(=O)(=O)N1CCCC(C(=O)N2CCC(C(N)=O)CC2)C1. The Morgan fingerprint density at radius 3 is 2.14 bits per heavy atom. The van der Waals surface area contributed by atoms with Gasteiger partial charge in [0.05, 0.1) is 5.92 Å². The number of nitrogens with zero attached hydrogens (tertiary/aromatic N) is 3. The molecule has 160 valence electrons. The first kappa shape index (κ1) is 21.5. The molecule has 0 aromatic carbocycles. The molecule has 0 bridgehead atoms. The normalized spacial score (nSPS) is 26.5. The molecular weight excluding hydrogens is 380 g/mol. The Labute approximate surface area is 168 Å². The number of piperidine rings is 2. The quantitative estimate of drug-likeness (QED) is 0.723. The molecular formula is C19H34N4O4S. The van der Waals surface area contributed by atoms with E-state index in [1.165, 1.54) is 15.0 Å². The fourth-order valence-corrected chi connectivity index (χ4v) is 6.49. The van der Waals surface area contributed by atoms with Crippen molar-refractivity contribution >= 4 is 22.0 Å². The summed E-state index contributed by atoms with van der Waals surface area (Å²) < 4.78 is 29.3. The third kappa shape index (κ3) is 4.68. The number of carbonyl (C=O) groups is 2. The van der Waals surface area contributed by atoms with Gasteiger partial charge in [-0.1, -0.05) is 19.3 Å². The van der Waals surface area contributed by atoms with Crippen molar-refractivity contribution in [2.75, 3.05) is 33.2 Å². The Bertz CT molecular complexity index is 669. The van der Waals surface area contributed by atoms with Gasteiger partial charge in [0.1, 0.15) is 0 Å². The minimum atomic E-state index is -3.54. The number of likely N-dealkylation sites (tertiary alicyclic amines) is 1. The summed E-state index contributed by atoms with van der Waals surface area (Å²) in [7, 11) is -1.86. The van der Waals surface area contributed by atoms with Gasteiger partial charge in [-0.05, 0) is 38.5 Å². The van der Waals surface area contributed by atoms with Crippen LogP contribution >= 0.6 is 0 Å². The summed E-state index contributed by atoms with van der Waals surface area (Å²) in [6.07, 6.45) is 7.78. The predicted octanol–water partition coefficient (Wildman–Crippen LogP) is 0.932. The molecule has 9 heteroatoms. The van der Waals surface area contributed by atoms with Crippen LogP contribution < -0.4 is 5.73 Å². The van der Waals surface area contributed by atoms with E-state index in [1.807, 2.05) is 0 Å². The van der Waals surface area contributed by atoms with Crippen LogP contribution in [0.4, 0.5) is 0 Å². The fraction of sp³-hybridized carbons (Fsp3) is 0.895. The molecule has 2 aliphatic heterocycles. The Kier molecular flexibility index (Phi) is 6.98. The number of rotatable bonds is 5. The Balaban J connectivity index is 1.60. The van der Waals surface area contributed by atoms with Gasteiger partial charge in [0.25, 0.3) is 10.2 Å². The van der Waals surface area contributed by atoms with Crippen molar-refractivity contribution in [1.29, 1.82) is 0 Å². The zero-order valence-electron chi connectivity index (χ0n) is 16.9. The molecule has 2 heterocycles. The lowest BCUT2D eigenvalue weighted by Crippen LogP contribution is -2.53. The molecule has 0 spiro atoms. The topological polar surface area (TPSA) is 104 Å². The lowest BCUT2D eigenvalue weighted by Gasteiger charge is -2.39. The van der Waals surface area contributed by atoms with Gasteiger partial charge in [0.2, 0.25) is 11.8 Å². The molecule has 2 N–H and O–H groups in total. The van der Waals surface area contributed by atoms with Gasteiger partial charge >= 0.3 is 0 Å². The third-order valence-electron chi connectivity index (χ3n) is 6.72. The van der Waals surface area contributed by atoms with Gasteiger partial charge in [-0.15, -0.1) is 0 Å². The summed E-state index contributed by atoms with van der Waals surface area (Å²) in [6.45, 7) is 1.79. The van der Waals surface area contributed by atoms with Crippen LogP contribution in [0.1, 0.15) is 57.8 Å². The highest BCUT2D eigenvalue weighted by Crippen LogP contribution is 2.28. The number of primary amides is 1. The van der Waals surface area contributed by atoms with Crippen LogP contribution in [0.5, 0.6) is 0 Å². The molecule has 3 fully saturated rings. The fourth-order valence-electron chi connectivity index (χ4n) is 4.81. The monoisotopic (exact) mass is 414 g/mol. The number of hydrogen-bond acceptors (Lipinski definition) is 4. The molecule has 0 aromatic heterocycles. The maximum atomic E-state index is 13.1. The van der Waals surface area contributed by atoms with Gasteiger partial charge in [-0.2, -0.15) is 17.0 Å². The molecule has 1 unspecified atom stereocenters. The molecule has 0 radical (unpaired) electrons. The van der Waals surface area contributed by atoms with Crippen molar-refractivity contribution < 1.29 is 18.0 Å².